The van der Waals surface area contributed by atoms with Crippen molar-refractivity contribution in [3.05, 3.63) is 34.3 Å². The van der Waals surface area contributed by atoms with Crippen LogP contribution in [-0.4, -0.2) is 32.2 Å². The summed E-state index contributed by atoms with van der Waals surface area (Å²) in [6, 6.07) is 7.35. The van der Waals surface area contributed by atoms with Crippen LogP contribution in [0.4, 0.5) is 0 Å². The lowest BCUT2D eigenvalue weighted by Crippen LogP contribution is -2.42. The van der Waals surface area contributed by atoms with Gasteiger partial charge in [-0.25, -0.2) is 8.42 Å². The molecule has 2 rings (SSSR count). The van der Waals surface area contributed by atoms with Gasteiger partial charge >= 0.3 is 0 Å². The molecule has 7 heteroatoms. The molecule has 1 aromatic rings. The summed E-state index contributed by atoms with van der Waals surface area (Å²) in [6.45, 7) is 0. The predicted molar refractivity (Wildman–Crippen MR) is 90.0 cm³/mol. The molecule has 1 aromatic carbocycles. The molecule has 0 unspecified atom stereocenters. The molecule has 1 saturated carbocycles. The molecule has 0 aliphatic heterocycles. The molecule has 122 valence electrons. The Balaban J connectivity index is 1.87. The standard InChI is InChI=1S/C15H21BrN2O3S/c16-12-3-1-2-11(8-12)9-22(20,21)10-15(19)18-14-6-4-13(17)5-7-14/h1-3,8,13-14H,4-7,9-10,17H2,(H,18,19). The summed E-state index contributed by atoms with van der Waals surface area (Å²) in [7, 11) is -3.47. The lowest BCUT2D eigenvalue weighted by molar-refractivity contribution is -0.119. The number of benzene rings is 1. The monoisotopic (exact) mass is 388 g/mol. The van der Waals surface area contributed by atoms with Gasteiger partial charge in [-0.05, 0) is 43.4 Å². The number of rotatable bonds is 5. The van der Waals surface area contributed by atoms with Crippen LogP contribution in [0.5, 0.6) is 0 Å². The number of hydrogen-bond acceptors (Lipinski definition) is 4. The minimum atomic E-state index is -3.47. The van der Waals surface area contributed by atoms with E-state index < -0.39 is 21.5 Å². The summed E-state index contributed by atoms with van der Waals surface area (Å²) in [5.41, 5.74) is 6.49. The molecular weight excluding hydrogens is 368 g/mol. The van der Waals surface area contributed by atoms with Crippen molar-refractivity contribution in [2.24, 2.45) is 5.73 Å². The Morgan fingerprint density at radius 1 is 1.27 bits per heavy atom. The third-order valence-corrected chi connectivity index (χ3v) is 5.73. The summed E-state index contributed by atoms with van der Waals surface area (Å²) >= 11 is 3.31. The highest BCUT2D eigenvalue weighted by molar-refractivity contribution is 9.10. The van der Waals surface area contributed by atoms with Crippen molar-refractivity contribution in [1.82, 2.24) is 5.32 Å². The average Bonchev–Trinajstić information content (AvgIpc) is 2.40. The van der Waals surface area contributed by atoms with Gasteiger partial charge in [-0.3, -0.25) is 4.79 Å². The van der Waals surface area contributed by atoms with Crippen molar-refractivity contribution in [3.63, 3.8) is 0 Å². The highest BCUT2D eigenvalue weighted by Gasteiger charge is 2.23. The number of nitrogens with one attached hydrogen (secondary N) is 1. The van der Waals surface area contributed by atoms with Crippen molar-refractivity contribution in [3.8, 4) is 0 Å². The zero-order valence-corrected chi connectivity index (χ0v) is 14.7. The summed E-state index contributed by atoms with van der Waals surface area (Å²) in [5, 5.41) is 2.81. The van der Waals surface area contributed by atoms with Gasteiger partial charge in [-0.1, -0.05) is 28.1 Å². The van der Waals surface area contributed by atoms with E-state index in [-0.39, 0.29) is 17.8 Å². The molecule has 1 aliphatic carbocycles. The average molecular weight is 389 g/mol. The first-order valence-corrected chi connectivity index (χ1v) is 9.95. The maximum atomic E-state index is 12.1. The smallest absolute Gasteiger partial charge is 0.235 e. The van der Waals surface area contributed by atoms with E-state index in [2.05, 4.69) is 21.2 Å². The normalized spacial score (nSPS) is 22.3. The fourth-order valence-corrected chi connectivity index (χ4v) is 4.38. The van der Waals surface area contributed by atoms with Gasteiger partial charge in [0.05, 0.1) is 5.75 Å². The zero-order chi connectivity index (χ0) is 16.2. The van der Waals surface area contributed by atoms with E-state index in [9.17, 15) is 13.2 Å². The van der Waals surface area contributed by atoms with E-state index in [1.54, 1.807) is 18.2 Å². The molecule has 0 radical (unpaired) electrons. The zero-order valence-electron chi connectivity index (χ0n) is 12.3. The summed E-state index contributed by atoms with van der Waals surface area (Å²) in [6.07, 6.45) is 3.38. The molecule has 3 N–H and O–H groups in total. The van der Waals surface area contributed by atoms with Gasteiger partial charge in [0.15, 0.2) is 9.84 Å². The van der Waals surface area contributed by atoms with Crippen molar-refractivity contribution >= 4 is 31.7 Å². The molecule has 22 heavy (non-hydrogen) atoms. The molecule has 1 aliphatic rings. The SMILES string of the molecule is NC1CCC(NC(=O)CS(=O)(=O)Cc2cccc(Br)c2)CC1. The van der Waals surface area contributed by atoms with Crippen LogP contribution in [0.15, 0.2) is 28.7 Å². The minimum absolute atomic E-state index is 0.0494. The minimum Gasteiger partial charge on any atom is -0.352 e. The molecule has 1 fully saturated rings. The van der Waals surface area contributed by atoms with E-state index in [1.165, 1.54) is 0 Å². The highest BCUT2D eigenvalue weighted by Crippen LogP contribution is 2.17. The fraction of sp³-hybridized carbons (Fsp3) is 0.533. The van der Waals surface area contributed by atoms with Gasteiger partial charge in [-0.15, -0.1) is 0 Å². The molecule has 0 bridgehead atoms. The lowest BCUT2D eigenvalue weighted by Gasteiger charge is -2.26. The van der Waals surface area contributed by atoms with Crippen LogP contribution in [0.1, 0.15) is 31.2 Å². The molecule has 0 saturated heterocycles. The Kier molecular flexibility index (Phi) is 6.00. The summed E-state index contributed by atoms with van der Waals surface area (Å²) in [4.78, 5) is 11.9. The van der Waals surface area contributed by atoms with Crippen LogP contribution in [0, 0.1) is 0 Å². The predicted octanol–water partition coefficient (Wildman–Crippen LogP) is 1.75. The number of carbonyl (C=O) groups excluding carboxylic acids is 1. The number of nitrogens with two attached hydrogens (primary N) is 1. The van der Waals surface area contributed by atoms with Crippen LogP contribution in [-0.2, 0) is 20.4 Å². The van der Waals surface area contributed by atoms with Gasteiger partial charge in [0.2, 0.25) is 5.91 Å². The summed E-state index contributed by atoms with van der Waals surface area (Å²) < 4.78 is 25.1. The second-order valence-corrected chi connectivity index (χ2v) is 8.82. The van der Waals surface area contributed by atoms with E-state index >= 15 is 0 Å². The van der Waals surface area contributed by atoms with E-state index in [1.807, 2.05) is 6.07 Å². The third kappa shape index (κ3) is 5.70. The van der Waals surface area contributed by atoms with E-state index in [0.717, 1.165) is 30.2 Å². The maximum absolute atomic E-state index is 12.1. The van der Waals surface area contributed by atoms with E-state index in [4.69, 9.17) is 5.73 Å². The Labute approximate surface area is 139 Å². The second kappa shape index (κ2) is 7.57. The third-order valence-electron chi connectivity index (χ3n) is 3.76. The Hall–Kier alpha value is -0.920. The largest absolute Gasteiger partial charge is 0.352 e. The fourth-order valence-electron chi connectivity index (χ4n) is 2.66. The van der Waals surface area contributed by atoms with Gasteiger partial charge in [0.1, 0.15) is 5.75 Å². The summed E-state index contributed by atoms with van der Waals surface area (Å²) in [5.74, 6) is -1.02. The highest BCUT2D eigenvalue weighted by atomic mass is 79.9. The number of sulfone groups is 1. The van der Waals surface area contributed by atoms with Crippen molar-refractivity contribution in [1.29, 1.82) is 0 Å². The second-order valence-electron chi connectivity index (χ2n) is 5.84. The first-order valence-electron chi connectivity index (χ1n) is 7.34. The van der Waals surface area contributed by atoms with Crippen LogP contribution in [0.2, 0.25) is 0 Å². The number of amides is 1. The van der Waals surface area contributed by atoms with Crippen LogP contribution in [0.3, 0.4) is 0 Å². The topological polar surface area (TPSA) is 89.3 Å². The molecule has 0 spiro atoms. The van der Waals surface area contributed by atoms with Gasteiger partial charge in [0.25, 0.3) is 0 Å². The first-order chi connectivity index (χ1) is 10.3. The van der Waals surface area contributed by atoms with Gasteiger partial charge < -0.3 is 11.1 Å². The Morgan fingerprint density at radius 3 is 2.59 bits per heavy atom. The maximum Gasteiger partial charge on any atom is 0.235 e. The molecule has 5 nitrogen and oxygen atoms in total. The Bertz CT molecular complexity index is 625. The number of hydrogen-bond donors (Lipinski definition) is 2. The van der Waals surface area contributed by atoms with Crippen LogP contribution >= 0.6 is 15.9 Å². The molecule has 1 amide bonds. The quantitative estimate of drug-likeness (QED) is 0.803. The molecule has 0 heterocycles. The van der Waals surface area contributed by atoms with Crippen molar-refractivity contribution in [2.75, 3.05) is 5.75 Å². The molecular formula is C15H21BrN2O3S. The van der Waals surface area contributed by atoms with Gasteiger partial charge in [-0.2, -0.15) is 0 Å². The van der Waals surface area contributed by atoms with Crippen molar-refractivity contribution < 1.29 is 13.2 Å². The molecule has 0 aromatic heterocycles. The number of carbonyl (C=O) groups is 1. The molecule has 0 atom stereocenters. The Morgan fingerprint density at radius 2 is 1.95 bits per heavy atom. The van der Waals surface area contributed by atoms with Crippen molar-refractivity contribution in [2.45, 2.75) is 43.5 Å². The van der Waals surface area contributed by atoms with Crippen LogP contribution < -0.4 is 11.1 Å². The lowest BCUT2D eigenvalue weighted by atomic mass is 9.92. The number of halogens is 1. The van der Waals surface area contributed by atoms with E-state index in [0.29, 0.717) is 5.56 Å². The first kappa shape index (κ1) is 17.4. The van der Waals surface area contributed by atoms with Crippen LogP contribution in [0.25, 0.3) is 0 Å². The van der Waals surface area contributed by atoms with Gasteiger partial charge in [0, 0.05) is 16.6 Å².